The second kappa shape index (κ2) is 7.76. The van der Waals surface area contributed by atoms with Crippen LogP contribution in [0.5, 0.6) is 5.75 Å². The van der Waals surface area contributed by atoms with E-state index in [0.717, 1.165) is 11.1 Å². The number of hydrogen-bond acceptors (Lipinski definition) is 5. The molecule has 0 atom stereocenters. The summed E-state index contributed by atoms with van der Waals surface area (Å²) in [6, 6.07) is 3.66. The van der Waals surface area contributed by atoms with Gasteiger partial charge in [0.15, 0.2) is 0 Å². The van der Waals surface area contributed by atoms with Gasteiger partial charge in [-0.25, -0.2) is 0 Å². The maximum absolute atomic E-state index is 13.0. The van der Waals surface area contributed by atoms with E-state index in [9.17, 15) is 14.4 Å². The Morgan fingerprint density at radius 2 is 1.86 bits per heavy atom. The number of methoxy groups -OCH3 is 2. The van der Waals surface area contributed by atoms with Gasteiger partial charge in [0, 0.05) is 49.6 Å². The molecular formula is C22H25NO5. The number of aryl methyl sites for hydroxylation is 1. The Bertz CT molecular complexity index is 866. The topological polar surface area (TPSA) is 72.9 Å². The molecular weight excluding hydrogens is 358 g/mol. The summed E-state index contributed by atoms with van der Waals surface area (Å²) in [6.07, 6.45) is 0.582. The van der Waals surface area contributed by atoms with E-state index < -0.39 is 11.3 Å². The van der Waals surface area contributed by atoms with Crippen LogP contribution in [0.3, 0.4) is 0 Å². The van der Waals surface area contributed by atoms with Gasteiger partial charge in [-0.15, -0.1) is 5.92 Å². The molecule has 1 amide bonds. The summed E-state index contributed by atoms with van der Waals surface area (Å²) in [5, 5.41) is 0. The largest absolute Gasteiger partial charge is 0.496 e. The van der Waals surface area contributed by atoms with Crippen molar-refractivity contribution in [3.05, 3.63) is 28.8 Å². The van der Waals surface area contributed by atoms with Crippen LogP contribution in [0.2, 0.25) is 0 Å². The van der Waals surface area contributed by atoms with Gasteiger partial charge in [-0.1, -0.05) is 5.92 Å². The Balaban J connectivity index is 1.83. The van der Waals surface area contributed by atoms with E-state index in [0.29, 0.717) is 37.2 Å². The number of ether oxygens (including phenoxy) is 2. The highest BCUT2D eigenvalue weighted by atomic mass is 16.5. The van der Waals surface area contributed by atoms with Crippen LogP contribution < -0.4 is 4.74 Å². The Hall–Kier alpha value is -2.65. The van der Waals surface area contributed by atoms with Crippen molar-refractivity contribution in [3.63, 3.8) is 0 Å². The molecule has 3 rings (SSSR count). The highest BCUT2D eigenvalue weighted by Crippen LogP contribution is 2.47. The summed E-state index contributed by atoms with van der Waals surface area (Å²) in [4.78, 5) is 39.6. The monoisotopic (exact) mass is 383 g/mol. The van der Waals surface area contributed by atoms with Crippen LogP contribution in [0.1, 0.15) is 42.4 Å². The molecule has 1 heterocycles. The summed E-state index contributed by atoms with van der Waals surface area (Å²) in [6.45, 7) is 4.51. The van der Waals surface area contributed by atoms with Crippen molar-refractivity contribution < 1.29 is 23.9 Å². The predicted octanol–water partition coefficient (Wildman–Crippen LogP) is 1.87. The van der Waals surface area contributed by atoms with Gasteiger partial charge < -0.3 is 14.4 Å². The fourth-order valence-electron chi connectivity index (χ4n) is 4.41. The Morgan fingerprint density at radius 3 is 2.39 bits per heavy atom. The summed E-state index contributed by atoms with van der Waals surface area (Å²) in [5.74, 6) is 5.22. The van der Waals surface area contributed by atoms with E-state index in [2.05, 4.69) is 11.8 Å². The third-order valence-corrected chi connectivity index (χ3v) is 5.54. The van der Waals surface area contributed by atoms with Crippen molar-refractivity contribution in [2.24, 2.45) is 5.41 Å². The first kappa shape index (κ1) is 20.1. The number of likely N-dealkylation sites (tertiary alicyclic amines) is 1. The van der Waals surface area contributed by atoms with Crippen molar-refractivity contribution in [2.75, 3.05) is 33.9 Å². The first-order valence-electron chi connectivity index (χ1n) is 9.27. The second-order valence-corrected chi connectivity index (χ2v) is 7.69. The fourth-order valence-corrected chi connectivity index (χ4v) is 4.41. The van der Waals surface area contributed by atoms with Crippen LogP contribution in [-0.4, -0.2) is 56.3 Å². The third kappa shape index (κ3) is 3.55. The number of carbonyl (C=O) groups is 3. The zero-order chi connectivity index (χ0) is 20.5. The molecule has 1 aliphatic heterocycles. The van der Waals surface area contributed by atoms with E-state index >= 15 is 0 Å². The molecule has 0 radical (unpaired) electrons. The lowest BCUT2D eigenvalue weighted by Crippen LogP contribution is -2.62. The van der Waals surface area contributed by atoms with Crippen LogP contribution in [0.4, 0.5) is 0 Å². The molecule has 2 fully saturated rings. The summed E-state index contributed by atoms with van der Waals surface area (Å²) in [5.41, 5.74) is 1.83. The van der Waals surface area contributed by atoms with E-state index in [4.69, 9.17) is 9.47 Å². The highest BCUT2D eigenvalue weighted by molar-refractivity contribution is 6.11. The lowest BCUT2D eigenvalue weighted by molar-refractivity contribution is -0.157. The third-order valence-electron chi connectivity index (χ3n) is 5.54. The van der Waals surface area contributed by atoms with E-state index in [1.165, 1.54) is 14.2 Å². The van der Waals surface area contributed by atoms with Gasteiger partial charge in [-0.2, -0.15) is 0 Å². The number of ketones is 2. The molecule has 6 heteroatoms. The summed E-state index contributed by atoms with van der Waals surface area (Å²) < 4.78 is 10.4. The van der Waals surface area contributed by atoms with E-state index in [-0.39, 0.29) is 24.1 Å². The first-order valence-corrected chi connectivity index (χ1v) is 9.27. The Morgan fingerprint density at radius 1 is 1.21 bits per heavy atom. The van der Waals surface area contributed by atoms with Crippen LogP contribution in [0.25, 0.3) is 0 Å². The number of carbonyl (C=O) groups excluding carboxylic acids is 3. The van der Waals surface area contributed by atoms with Gasteiger partial charge in [-0.05, 0) is 31.5 Å². The molecule has 6 nitrogen and oxygen atoms in total. The standard InChI is InChI=1S/C22H25NO5/c1-5-6-15-7-14(2)20(18(8-15)28-4)21-16(24)9-22(10-17(21)25)12-23(13-22)19(26)11-27-3/h7-8,21H,9-13H2,1-4H3. The van der Waals surface area contributed by atoms with E-state index in [1.54, 1.807) is 17.9 Å². The van der Waals surface area contributed by atoms with Crippen molar-refractivity contribution in [1.29, 1.82) is 0 Å². The number of benzene rings is 1. The van der Waals surface area contributed by atoms with Crippen LogP contribution in [-0.2, 0) is 19.1 Å². The molecule has 0 bridgehead atoms. The van der Waals surface area contributed by atoms with Gasteiger partial charge in [-0.3, -0.25) is 14.4 Å². The molecule has 28 heavy (non-hydrogen) atoms. The van der Waals surface area contributed by atoms with Gasteiger partial charge in [0.05, 0.1) is 7.11 Å². The summed E-state index contributed by atoms with van der Waals surface area (Å²) >= 11 is 0. The van der Waals surface area contributed by atoms with Crippen molar-refractivity contribution in [3.8, 4) is 17.6 Å². The second-order valence-electron chi connectivity index (χ2n) is 7.69. The number of nitrogens with zero attached hydrogens (tertiary/aromatic N) is 1. The molecule has 1 spiro atoms. The molecule has 2 aliphatic rings. The number of hydrogen-bond donors (Lipinski definition) is 0. The van der Waals surface area contributed by atoms with Gasteiger partial charge in [0.2, 0.25) is 5.91 Å². The minimum atomic E-state index is -0.812. The molecule has 1 aliphatic carbocycles. The fraction of sp³-hybridized carbons (Fsp3) is 0.500. The number of rotatable bonds is 4. The summed E-state index contributed by atoms with van der Waals surface area (Å²) in [7, 11) is 3.00. The van der Waals surface area contributed by atoms with Crippen LogP contribution in [0.15, 0.2) is 12.1 Å². The molecule has 0 unspecified atom stereocenters. The molecule has 0 N–H and O–H groups in total. The van der Waals surface area contributed by atoms with Gasteiger partial charge >= 0.3 is 0 Å². The molecule has 1 saturated heterocycles. The van der Waals surface area contributed by atoms with Gasteiger partial charge in [0.1, 0.15) is 29.8 Å². The quantitative estimate of drug-likeness (QED) is 0.586. The minimum Gasteiger partial charge on any atom is -0.496 e. The maximum atomic E-state index is 13.0. The number of Topliss-reactive ketones (excluding diaryl/α,β-unsaturated/α-hetero) is 2. The first-order chi connectivity index (χ1) is 13.3. The van der Waals surface area contributed by atoms with Gasteiger partial charge in [0.25, 0.3) is 0 Å². The van der Waals surface area contributed by atoms with E-state index in [1.807, 2.05) is 13.0 Å². The molecule has 1 aromatic rings. The molecule has 148 valence electrons. The lowest BCUT2D eigenvalue weighted by Gasteiger charge is -2.52. The van der Waals surface area contributed by atoms with Crippen LogP contribution >= 0.6 is 0 Å². The highest BCUT2D eigenvalue weighted by Gasteiger charge is 2.53. The zero-order valence-corrected chi connectivity index (χ0v) is 16.8. The lowest BCUT2D eigenvalue weighted by atomic mass is 9.63. The SMILES string of the molecule is CC#Cc1cc(C)c(C2C(=O)CC3(CC2=O)CN(C(=O)COC)C3)c(OC)c1. The van der Waals surface area contributed by atoms with Crippen LogP contribution in [0, 0.1) is 24.2 Å². The maximum Gasteiger partial charge on any atom is 0.248 e. The van der Waals surface area contributed by atoms with Crippen molar-refractivity contribution in [1.82, 2.24) is 4.90 Å². The zero-order valence-electron chi connectivity index (χ0n) is 16.8. The average Bonchev–Trinajstić information content (AvgIpc) is 2.60. The van der Waals surface area contributed by atoms with Crippen molar-refractivity contribution in [2.45, 2.75) is 32.6 Å². The molecule has 1 saturated carbocycles. The normalized spacial score (nSPS) is 18.5. The Labute approximate surface area is 165 Å². The average molecular weight is 383 g/mol. The van der Waals surface area contributed by atoms with Crippen molar-refractivity contribution >= 4 is 17.5 Å². The number of amides is 1. The predicted molar refractivity (Wildman–Crippen MR) is 103 cm³/mol. The molecule has 1 aromatic carbocycles. The molecule has 0 aromatic heterocycles. The minimum absolute atomic E-state index is 0.0178. The smallest absolute Gasteiger partial charge is 0.248 e. The Kier molecular flexibility index (Phi) is 5.57.